The summed E-state index contributed by atoms with van der Waals surface area (Å²) in [6, 6.07) is 65.3. The molecule has 1 aromatic heterocycles. The van der Waals surface area contributed by atoms with Crippen LogP contribution in [0, 0.1) is 0 Å². The molecule has 0 aliphatic rings. The van der Waals surface area contributed by atoms with E-state index < -0.39 is 0 Å². The number of aromatic nitrogens is 3. The van der Waals surface area contributed by atoms with Crippen molar-refractivity contribution < 1.29 is 0 Å². The maximum absolute atomic E-state index is 4.97. The minimum Gasteiger partial charge on any atom is -0.208 e. The molecule has 0 bridgehead atoms. The van der Waals surface area contributed by atoms with Crippen LogP contribution in [0.15, 0.2) is 188 Å². The highest BCUT2D eigenvalue weighted by molar-refractivity contribution is 5.75. The van der Waals surface area contributed by atoms with Gasteiger partial charge < -0.3 is 0 Å². The van der Waals surface area contributed by atoms with Gasteiger partial charge in [0.05, 0.1) is 0 Å². The van der Waals surface area contributed by atoms with Gasteiger partial charge in [0.2, 0.25) is 0 Å². The zero-order valence-electron chi connectivity index (χ0n) is 26.2. The Bertz CT molecular complexity index is 2120. The Hall–Kier alpha value is -6.45. The van der Waals surface area contributed by atoms with Crippen molar-refractivity contribution in [3.8, 4) is 78.7 Å². The van der Waals surface area contributed by atoms with Crippen LogP contribution in [-0.2, 0) is 0 Å². The van der Waals surface area contributed by atoms with Crippen molar-refractivity contribution >= 4 is 0 Å². The van der Waals surface area contributed by atoms with Crippen molar-refractivity contribution in [1.82, 2.24) is 15.0 Å². The van der Waals surface area contributed by atoms with E-state index in [1.165, 1.54) is 22.3 Å². The molecule has 3 heteroatoms. The zero-order chi connectivity index (χ0) is 32.1. The minimum absolute atomic E-state index is 0.644. The van der Waals surface area contributed by atoms with Gasteiger partial charge in [0.15, 0.2) is 17.5 Å². The molecule has 0 aliphatic carbocycles. The molecule has 0 aliphatic heterocycles. The van der Waals surface area contributed by atoms with Crippen molar-refractivity contribution in [3.05, 3.63) is 188 Å². The molecule has 0 spiro atoms. The summed E-state index contributed by atoms with van der Waals surface area (Å²) in [5, 5.41) is 0. The zero-order valence-corrected chi connectivity index (χ0v) is 26.2. The lowest BCUT2D eigenvalue weighted by molar-refractivity contribution is 1.07. The molecule has 0 unspecified atom stereocenters. The highest BCUT2D eigenvalue weighted by Crippen LogP contribution is 2.30. The van der Waals surface area contributed by atoms with Gasteiger partial charge in [0, 0.05) is 16.7 Å². The van der Waals surface area contributed by atoms with Crippen LogP contribution in [0.5, 0.6) is 0 Å². The molecule has 48 heavy (non-hydrogen) atoms. The van der Waals surface area contributed by atoms with Gasteiger partial charge in [-0.05, 0) is 44.5 Å². The Morgan fingerprint density at radius 2 is 0.333 bits per heavy atom. The standard InChI is InChI=1S/C45H31N3/c1-4-10-32(11-5-1)34-16-20-36(21-17-34)38-24-28-41(29-25-38)44-46-43(40-14-8-3-9-15-40)47-45(48-44)42-30-26-39(27-31-42)37-22-18-35(19-23-37)33-12-6-2-7-13-33/h1-31H. The molecule has 8 rings (SSSR count). The molecule has 226 valence electrons. The molecular weight excluding hydrogens is 583 g/mol. The molecule has 7 aromatic carbocycles. The molecule has 0 N–H and O–H groups in total. The van der Waals surface area contributed by atoms with Crippen LogP contribution in [0.4, 0.5) is 0 Å². The normalized spacial score (nSPS) is 10.9. The molecule has 1 heterocycles. The molecule has 3 nitrogen and oxygen atoms in total. The van der Waals surface area contributed by atoms with E-state index in [1.54, 1.807) is 0 Å². The van der Waals surface area contributed by atoms with Crippen molar-refractivity contribution in [3.63, 3.8) is 0 Å². The Morgan fingerprint density at radius 3 is 0.583 bits per heavy atom. The smallest absolute Gasteiger partial charge is 0.164 e. The fourth-order valence-electron chi connectivity index (χ4n) is 5.95. The SMILES string of the molecule is c1ccc(-c2ccc(-c3ccc(-c4nc(-c5ccccc5)nc(-c5ccc(-c6ccc(-c7ccccc7)cc6)cc5)n4)cc3)cc2)cc1. The van der Waals surface area contributed by atoms with Gasteiger partial charge in [0.25, 0.3) is 0 Å². The maximum atomic E-state index is 4.97. The second-order valence-electron chi connectivity index (χ2n) is 11.7. The summed E-state index contributed by atoms with van der Waals surface area (Å²) in [6.07, 6.45) is 0. The van der Waals surface area contributed by atoms with E-state index in [1.807, 2.05) is 42.5 Å². The molecule has 8 aromatic rings. The Labute approximate surface area is 280 Å². The van der Waals surface area contributed by atoms with E-state index in [0.717, 1.165) is 38.9 Å². The number of benzene rings is 7. The monoisotopic (exact) mass is 613 g/mol. The van der Waals surface area contributed by atoms with Crippen LogP contribution in [0.1, 0.15) is 0 Å². The first kappa shape index (κ1) is 29.0. The first-order valence-electron chi connectivity index (χ1n) is 16.1. The number of hydrogen-bond acceptors (Lipinski definition) is 3. The van der Waals surface area contributed by atoms with Crippen LogP contribution in [0.3, 0.4) is 0 Å². The first-order chi connectivity index (χ1) is 23.8. The number of hydrogen-bond donors (Lipinski definition) is 0. The summed E-state index contributed by atoms with van der Waals surface area (Å²) in [5.41, 5.74) is 12.3. The van der Waals surface area contributed by atoms with E-state index in [4.69, 9.17) is 15.0 Å². The fraction of sp³-hybridized carbons (Fsp3) is 0. The summed E-state index contributed by atoms with van der Waals surface area (Å²) < 4.78 is 0. The summed E-state index contributed by atoms with van der Waals surface area (Å²) in [5.74, 6) is 1.94. The highest BCUT2D eigenvalue weighted by atomic mass is 15.0. The predicted octanol–water partition coefficient (Wildman–Crippen LogP) is 11.5. The Balaban J connectivity index is 1.09. The summed E-state index contributed by atoms with van der Waals surface area (Å²) in [7, 11) is 0. The maximum Gasteiger partial charge on any atom is 0.164 e. The lowest BCUT2D eigenvalue weighted by Gasteiger charge is -2.10. The molecule has 0 saturated carbocycles. The Morgan fingerprint density at radius 1 is 0.167 bits per heavy atom. The molecule has 0 amide bonds. The van der Waals surface area contributed by atoms with Crippen molar-refractivity contribution in [2.75, 3.05) is 0 Å². The van der Waals surface area contributed by atoms with E-state index in [2.05, 4.69) is 146 Å². The molecule has 0 atom stereocenters. The van der Waals surface area contributed by atoms with Gasteiger partial charge in [-0.25, -0.2) is 15.0 Å². The van der Waals surface area contributed by atoms with Gasteiger partial charge in [-0.3, -0.25) is 0 Å². The summed E-state index contributed by atoms with van der Waals surface area (Å²) >= 11 is 0. The third-order valence-electron chi connectivity index (χ3n) is 8.60. The molecule has 0 fully saturated rings. The highest BCUT2D eigenvalue weighted by Gasteiger charge is 2.13. The van der Waals surface area contributed by atoms with Crippen LogP contribution < -0.4 is 0 Å². The summed E-state index contributed by atoms with van der Waals surface area (Å²) in [6.45, 7) is 0. The van der Waals surface area contributed by atoms with Crippen LogP contribution in [0.2, 0.25) is 0 Å². The lowest BCUT2D eigenvalue weighted by atomic mass is 9.99. The van der Waals surface area contributed by atoms with E-state index in [9.17, 15) is 0 Å². The van der Waals surface area contributed by atoms with Gasteiger partial charge in [0.1, 0.15) is 0 Å². The average molecular weight is 614 g/mol. The predicted molar refractivity (Wildman–Crippen MR) is 198 cm³/mol. The molecule has 0 radical (unpaired) electrons. The minimum atomic E-state index is 0.644. The third-order valence-corrected chi connectivity index (χ3v) is 8.60. The van der Waals surface area contributed by atoms with Gasteiger partial charge in [-0.2, -0.15) is 0 Å². The average Bonchev–Trinajstić information content (AvgIpc) is 3.19. The molecular formula is C45H31N3. The first-order valence-corrected chi connectivity index (χ1v) is 16.1. The van der Waals surface area contributed by atoms with Crippen LogP contribution >= 0.6 is 0 Å². The second-order valence-corrected chi connectivity index (χ2v) is 11.7. The van der Waals surface area contributed by atoms with Crippen molar-refractivity contribution in [2.24, 2.45) is 0 Å². The van der Waals surface area contributed by atoms with E-state index in [-0.39, 0.29) is 0 Å². The van der Waals surface area contributed by atoms with Gasteiger partial charge in [-0.15, -0.1) is 0 Å². The fourth-order valence-corrected chi connectivity index (χ4v) is 5.95. The van der Waals surface area contributed by atoms with Crippen LogP contribution in [0.25, 0.3) is 78.7 Å². The van der Waals surface area contributed by atoms with Crippen molar-refractivity contribution in [2.45, 2.75) is 0 Å². The van der Waals surface area contributed by atoms with E-state index in [0.29, 0.717) is 17.5 Å². The lowest BCUT2D eigenvalue weighted by Crippen LogP contribution is -2.00. The van der Waals surface area contributed by atoms with E-state index >= 15 is 0 Å². The third kappa shape index (κ3) is 6.18. The summed E-state index contributed by atoms with van der Waals surface area (Å²) in [4.78, 5) is 14.8. The van der Waals surface area contributed by atoms with Gasteiger partial charge in [-0.1, -0.05) is 188 Å². The van der Waals surface area contributed by atoms with Gasteiger partial charge >= 0.3 is 0 Å². The number of nitrogens with zero attached hydrogens (tertiary/aromatic N) is 3. The van der Waals surface area contributed by atoms with Crippen LogP contribution in [-0.4, -0.2) is 15.0 Å². The molecule has 0 saturated heterocycles. The topological polar surface area (TPSA) is 38.7 Å². The second kappa shape index (κ2) is 13.1. The Kier molecular flexibility index (Phi) is 7.92. The quantitative estimate of drug-likeness (QED) is 0.179. The largest absolute Gasteiger partial charge is 0.208 e. The van der Waals surface area contributed by atoms with Crippen molar-refractivity contribution in [1.29, 1.82) is 0 Å². The number of rotatable bonds is 7.